The monoisotopic (exact) mass is 239 g/mol. The first-order chi connectivity index (χ1) is 7.93. The lowest BCUT2D eigenvalue weighted by molar-refractivity contribution is -0.110. The van der Waals surface area contributed by atoms with Crippen molar-refractivity contribution in [2.75, 3.05) is 0 Å². The van der Waals surface area contributed by atoms with Gasteiger partial charge in [0, 0.05) is 5.92 Å². The van der Waals surface area contributed by atoms with Crippen LogP contribution in [-0.2, 0) is 4.79 Å². The van der Waals surface area contributed by atoms with Crippen LogP contribution in [0.5, 0.6) is 0 Å². The molecular weight excluding hydrogens is 214 g/mol. The van der Waals surface area contributed by atoms with Crippen LogP contribution in [0.1, 0.15) is 59.8 Å². The van der Waals surface area contributed by atoms with Gasteiger partial charge in [-0.1, -0.05) is 30.2 Å². The van der Waals surface area contributed by atoms with Crippen LogP contribution in [-0.4, -0.2) is 11.8 Å². The van der Waals surface area contributed by atoms with Gasteiger partial charge >= 0.3 is 0 Å². The summed E-state index contributed by atoms with van der Waals surface area (Å²) in [7, 11) is 0. The highest BCUT2D eigenvalue weighted by Crippen LogP contribution is 2.25. The molecule has 0 spiro atoms. The van der Waals surface area contributed by atoms with E-state index in [-0.39, 0.29) is 5.92 Å². The van der Waals surface area contributed by atoms with Gasteiger partial charge in [0.2, 0.25) is 0 Å². The minimum atomic E-state index is -0.478. The van der Waals surface area contributed by atoms with Crippen LogP contribution in [0, 0.1) is 10.8 Å². The number of aldehydes is 1. The van der Waals surface area contributed by atoms with Gasteiger partial charge in [0.15, 0.2) is 0 Å². The van der Waals surface area contributed by atoms with Crippen molar-refractivity contribution < 1.29 is 4.79 Å². The maximum absolute atomic E-state index is 10.9. The second kappa shape index (κ2) is 8.15. The Labute approximate surface area is 105 Å². The molecule has 0 aromatic carbocycles. The van der Waals surface area contributed by atoms with Gasteiger partial charge in [-0.3, -0.25) is 0 Å². The zero-order valence-electron chi connectivity index (χ0n) is 11.5. The highest BCUT2D eigenvalue weighted by molar-refractivity contribution is 5.52. The number of hydrogen-bond donors (Lipinski definition) is 0. The molecule has 2 unspecified atom stereocenters. The summed E-state index contributed by atoms with van der Waals surface area (Å²) in [5.74, 6) is 0.0867. The first-order valence-electron chi connectivity index (χ1n) is 6.36. The van der Waals surface area contributed by atoms with E-state index in [1.807, 2.05) is 13.8 Å². The van der Waals surface area contributed by atoms with Crippen molar-refractivity contribution in [1.29, 1.82) is 0 Å². The quantitative estimate of drug-likeness (QED) is 0.343. The van der Waals surface area contributed by atoms with Crippen molar-refractivity contribution in [3.63, 3.8) is 0 Å². The summed E-state index contributed by atoms with van der Waals surface area (Å²) in [6, 6.07) is 0. The molecule has 0 saturated carbocycles. The molecule has 0 fully saturated rings. The Morgan fingerprint density at radius 2 is 2.00 bits per heavy atom. The molecule has 0 aliphatic rings. The van der Waals surface area contributed by atoms with Crippen LogP contribution in [0.3, 0.4) is 0 Å². The molecule has 98 valence electrons. The molecule has 0 aliphatic carbocycles. The summed E-state index contributed by atoms with van der Waals surface area (Å²) in [6.07, 6.45) is 7.29. The van der Waals surface area contributed by atoms with Gasteiger partial charge in [0.1, 0.15) is 11.8 Å². The molecule has 17 heavy (non-hydrogen) atoms. The van der Waals surface area contributed by atoms with E-state index < -0.39 is 5.54 Å². The summed E-state index contributed by atoms with van der Waals surface area (Å²) in [4.78, 5) is 21.4. The number of nitrogens with zero attached hydrogens (tertiary/aromatic N) is 1. The van der Waals surface area contributed by atoms with Gasteiger partial charge in [0.05, 0.1) is 0 Å². The second-order valence-electron chi connectivity index (χ2n) is 5.41. The Balaban J connectivity index is 4.05. The Kier molecular flexibility index (Phi) is 7.68. The van der Waals surface area contributed by atoms with Crippen LogP contribution in [0.4, 0.5) is 0 Å². The molecule has 0 aliphatic heterocycles. The number of nitroso groups, excluding NO2 is 1. The fourth-order valence-corrected chi connectivity index (χ4v) is 1.76. The lowest BCUT2D eigenvalue weighted by atomic mass is 9.89. The standard InChI is InChI=1S/C14H25NO2/c1-12(2)7-5-9-14(4,15-17)10-6-8-13(3)11-16/h7,11,13H,5-6,8-10H2,1-4H3. The predicted octanol–water partition coefficient (Wildman–Crippen LogP) is 4.26. The smallest absolute Gasteiger partial charge is 0.122 e. The number of allylic oxidation sites excluding steroid dienone is 2. The molecule has 0 bridgehead atoms. The van der Waals surface area contributed by atoms with Crippen molar-refractivity contribution in [1.82, 2.24) is 0 Å². The van der Waals surface area contributed by atoms with Crippen LogP contribution >= 0.6 is 0 Å². The first kappa shape index (κ1) is 16.0. The van der Waals surface area contributed by atoms with E-state index in [2.05, 4.69) is 25.1 Å². The molecule has 3 nitrogen and oxygen atoms in total. The van der Waals surface area contributed by atoms with Gasteiger partial charge in [0.25, 0.3) is 0 Å². The maximum Gasteiger partial charge on any atom is 0.122 e. The third-order valence-corrected chi connectivity index (χ3v) is 3.06. The number of carbonyl (C=O) groups is 1. The molecular formula is C14H25NO2. The van der Waals surface area contributed by atoms with Crippen molar-refractivity contribution in [3.05, 3.63) is 16.6 Å². The largest absolute Gasteiger partial charge is 0.303 e. The summed E-state index contributed by atoms with van der Waals surface area (Å²) < 4.78 is 0. The Hall–Kier alpha value is -0.990. The highest BCUT2D eigenvalue weighted by atomic mass is 16.3. The predicted molar refractivity (Wildman–Crippen MR) is 71.9 cm³/mol. The van der Waals surface area contributed by atoms with Crippen molar-refractivity contribution in [2.24, 2.45) is 11.1 Å². The van der Waals surface area contributed by atoms with E-state index in [1.165, 1.54) is 5.57 Å². The fraction of sp³-hybridized carbons (Fsp3) is 0.786. The minimum Gasteiger partial charge on any atom is -0.303 e. The molecule has 3 heteroatoms. The number of carbonyl (C=O) groups excluding carboxylic acids is 1. The van der Waals surface area contributed by atoms with Gasteiger partial charge in [-0.05, 0) is 46.5 Å². The molecule has 0 aromatic heterocycles. The average molecular weight is 239 g/mol. The summed E-state index contributed by atoms with van der Waals surface area (Å²) in [5.41, 5.74) is 0.794. The zero-order valence-corrected chi connectivity index (χ0v) is 11.5. The van der Waals surface area contributed by atoms with E-state index in [1.54, 1.807) is 0 Å². The van der Waals surface area contributed by atoms with Gasteiger partial charge < -0.3 is 4.79 Å². The van der Waals surface area contributed by atoms with E-state index in [0.29, 0.717) is 0 Å². The van der Waals surface area contributed by atoms with Crippen LogP contribution in [0.25, 0.3) is 0 Å². The van der Waals surface area contributed by atoms with Gasteiger partial charge in [-0.15, -0.1) is 0 Å². The van der Waals surface area contributed by atoms with E-state index in [9.17, 15) is 9.70 Å². The normalized spacial score (nSPS) is 15.8. The molecule has 0 saturated heterocycles. The Morgan fingerprint density at radius 1 is 1.35 bits per heavy atom. The molecule has 0 rings (SSSR count). The van der Waals surface area contributed by atoms with Gasteiger partial charge in [-0.2, -0.15) is 4.91 Å². The van der Waals surface area contributed by atoms with Crippen molar-refractivity contribution >= 4 is 6.29 Å². The number of hydrogen-bond acceptors (Lipinski definition) is 3. The third kappa shape index (κ3) is 7.83. The molecule has 0 amide bonds. The SMILES string of the molecule is CC(C)=CCCC(C)(CCCC(C)C=O)N=O. The van der Waals surface area contributed by atoms with Crippen molar-refractivity contribution in [2.45, 2.75) is 65.3 Å². The molecule has 2 atom stereocenters. The molecule has 0 radical (unpaired) electrons. The van der Waals surface area contributed by atoms with E-state index >= 15 is 0 Å². The van der Waals surface area contributed by atoms with Crippen LogP contribution in [0.15, 0.2) is 16.8 Å². The first-order valence-corrected chi connectivity index (χ1v) is 6.36. The highest BCUT2D eigenvalue weighted by Gasteiger charge is 2.24. The van der Waals surface area contributed by atoms with E-state index in [4.69, 9.17) is 0 Å². The third-order valence-electron chi connectivity index (χ3n) is 3.06. The summed E-state index contributed by atoms with van der Waals surface area (Å²) >= 11 is 0. The number of rotatable bonds is 9. The average Bonchev–Trinajstić information content (AvgIpc) is 2.28. The van der Waals surface area contributed by atoms with Gasteiger partial charge in [-0.25, -0.2) is 0 Å². The second-order valence-corrected chi connectivity index (χ2v) is 5.41. The summed E-state index contributed by atoms with van der Waals surface area (Å²) in [5, 5.41) is 3.27. The topological polar surface area (TPSA) is 46.5 Å². The lowest BCUT2D eigenvalue weighted by Gasteiger charge is -2.20. The molecule has 0 heterocycles. The Morgan fingerprint density at radius 3 is 2.47 bits per heavy atom. The minimum absolute atomic E-state index is 0.0867. The molecule has 0 aromatic rings. The lowest BCUT2D eigenvalue weighted by Crippen LogP contribution is -2.21. The van der Waals surface area contributed by atoms with E-state index in [0.717, 1.165) is 38.4 Å². The fourth-order valence-electron chi connectivity index (χ4n) is 1.76. The maximum atomic E-state index is 10.9. The molecule has 0 N–H and O–H groups in total. The van der Waals surface area contributed by atoms with Crippen molar-refractivity contribution in [3.8, 4) is 0 Å². The van der Waals surface area contributed by atoms with Crippen LogP contribution < -0.4 is 0 Å². The zero-order chi connectivity index (χ0) is 13.3. The Bertz CT molecular complexity index is 269. The van der Waals surface area contributed by atoms with Crippen LogP contribution in [0.2, 0.25) is 0 Å². The summed E-state index contributed by atoms with van der Waals surface area (Å²) in [6.45, 7) is 7.92.